The van der Waals surface area contributed by atoms with Gasteiger partial charge in [0, 0.05) is 6.92 Å². The summed E-state index contributed by atoms with van der Waals surface area (Å²) in [7, 11) is 0. The lowest BCUT2D eigenvalue weighted by molar-refractivity contribution is -0.142. The van der Waals surface area contributed by atoms with Gasteiger partial charge in [0.2, 0.25) is 0 Å². The number of H-pyrrole nitrogens is 1. The lowest BCUT2D eigenvalue weighted by Crippen LogP contribution is -2.06. The Morgan fingerprint density at radius 2 is 1.75 bits per heavy atom. The van der Waals surface area contributed by atoms with Crippen molar-refractivity contribution in [3.05, 3.63) is 59.4 Å². The fraction of sp³-hybridized carbons (Fsp3) is 0.200. The Balaban J connectivity index is 1.88. The molecule has 20 heavy (non-hydrogen) atoms. The van der Waals surface area contributed by atoms with Crippen molar-refractivity contribution in [3.63, 3.8) is 0 Å². The van der Waals surface area contributed by atoms with E-state index < -0.39 is 5.97 Å². The summed E-state index contributed by atoms with van der Waals surface area (Å²) >= 11 is 0. The highest BCUT2D eigenvalue weighted by Gasteiger charge is 2.10. The van der Waals surface area contributed by atoms with Crippen LogP contribution >= 0.6 is 0 Å². The van der Waals surface area contributed by atoms with Crippen LogP contribution in [0.2, 0.25) is 0 Å². The molecule has 0 aliphatic heterocycles. The van der Waals surface area contributed by atoms with Crippen molar-refractivity contribution in [1.29, 1.82) is 0 Å². The zero-order valence-electron chi connectivity index (χ0n) is 11.1. The van der Waals surface area contributed by atoms with Crippen LogP contribution < -0.4 is 0 Å². The molecular formula is C15H15NO4. The van der Waals surface area contributed by atoms with E-state index in [1.807, 2.05) is 30.3 Å². The molecule has 0 bridgehead atoms. The molecule has 1 heterocycles. The first-order chi connectivity index (χ1) is 9.65. The SMILES string of the molecule is CC(=O)OCc1ccc(C(=O)OCc2ccccc2)[nH]1. The van der Waals surface area contributed by atoms with Gasteiger partial charge in [0.25, 0.3) is 0 Å². The largest absolute Gasteiger partial charge is 0.459 e. The van der Waals surface area contributed by atoms with Crippen molar-refractivity contribution in [2.45, 2.75) is 20.1 Å². The Morgan fingerprint density at radius 1 is 1.00 bits per heavy atom. The van der Waals surface area contributed by atoms with E-state index in [0.717, 1.165) is 5.56 Å². The second-order valence-electron chi connectivity index (χ2n) is 4.24. The first-order valence-electron chi connectivity index (χ1n) is 6.17. The third-order valence-corrected chi connectivity index (χ3v) is 2.61. The van der Waals surface area contributed by atoms with Crippen LogP contribution in [0.1, 0.15) is 28.7 Å². The van der Waals surface area contributed by atoms with Gasteiger partial charge in [-0.05, 0) is 17.7 Å². The molecule has 0 fully saturated rings. The number of carbonyl (C=O) groups excluding carboxylic acids is 2. The molecule has 0 aliphatic rings. The first kappa shape index (κ1) is 13.9. The number of rotatable bonds is 5. The quantitative estimate of drug-likeness (QED) is 0.849. The predicted molar refractivity (Wildman–Crippen MR) is 71.8 cm³/mol. The Morgan fingerprint density at radius 3 is 2.45 bits per heavy atom. The van der Waals surface area contributed by atoms with E-state index in [1.165, 1.54) is 6.92 Å². The maximum absolute atomic E-state index is 11.8. The number of hydrogen-bond donors (Lipinski definition) is 1. The summed E-state index contributed by atoms with van der Waals surface area (Å²) in [5, 5.41) is 0. The molecule has 0 atom stereocenters. The Labute approximate surface area is 116 Å². The van der Waals surface area contributed by atoms with Crippen molar-refractivity contribution in [1.82, 2.24) is 4.98 Å². The molecule has 1 aromatic heterocycles. The second-order valence-corrected chi connectivity index (χ2v) is 4.24. The van der Waals surface area contributed by atoms with E-state index in [9.17, 15) is 9.59 Å². The zero-order chi connectivity index (χ0) is 14.4. The summed E-state index contributed by atoms with van der Waals surface area (Å²) in [4.78, 5) is 25.4. The van der Waals surface area contributed by atoms with E-state index in [-0.39, 0.29) is 19.2 Å². The molecule has 0 unspecified atom stereocenters. The Kier molecular flexibility index (Phi) is 4.55. The highest BCUT2D eigenvalue weighted by Crippen LogP contribution is 2.07. The number of hydrogen-bond acceptors (Lipinski definition) is 4. The molecule has 0 saturated heterocycles. The lowest BCUT2D eigenvalue weighted by Gasteiger charge is -2.03. The van der Waals surface area contributed by atoms with Crippen LogP contribution in [0.4, 0.5) is 0 Å². The number of carbonyl (C=O) groups is 2. The van der Waals surface area contributed by atoms with Crippen molar-refractivity contribution >= 4 is 11.9 Å². The van der Waals surface area contributed by atoms with Gasteiger partial charge >= 0.3 is 11.9 Å². The molecule has 2 rings (SSSR count). The summed E-state index contributed by atoms with van der Waals surface area (Å²) < 4.78 is 10.0. The standard InChI is InChI=1S/C15H15NO4/c1-11(17)19-10-13-7-8-14(16-13)15(18)20-9-12-5-3-2-4-6-12/h2-8,16H,9-10H2,1H3. The van der Waals surface area contributed by atoms with Crippen LogP contribution in [0.15, 0.2) is 42.5 Å². The summed E-state index contributed by atoms with van der Waals surface area (Å²) in [5.74, 6) is -0.810. The topological polar surface area (TPSA) is 68.4 Å². The van der Waals surface area contributed by atoms with Gasteiger partial charge in [-0.15, -0.1) is 0 Å². The van der Waals surface area contributed by atoms with Crippen LogP contribution in [0.25, 0.3) is 0 Å². The Bertz CT molecular complexity index is 589. The van der Waals surface area contributed by atoms with E-state index in [2.05, 4.69) is 4.98 Å². The van der Waals surface area contributed by atoms with Crippen molar-refractivity contribution < 1.29 is 19.1 Å². The van der Waals surface area contributed by atoms with Gasteiger partial charge in [-0.1, -0.05) is 30.3 Å². The van der Waals surface area contributed by atoms with Crippen molar-refractivity contribution in [2.24, 2.45) is 0 Å². The van der Waals surface area contributed by atoms with Crippen LogP contribution in [0.5, 0.6) is 0 Å². The van der Waals surface area contributed by atoms with Crippen molar-refractivity contribution in [2.75, 3.05) is 0 Å². The molecule has 0 saturated carbocycles. The number of ether oxygens (including phenoxy) is 2. The number of esters is 2. The predicted octanol–water partition coefficient (Wildman–Crippen LogP) is 2.43. The number of aromatic nitrogens is 1. The third kappa shape index (κ3) is 3.98. The van der Waals surface area contributed by atoms with E-state index in [0.29, 0.717) is 11.4 Å². The van der Waals surface area contributed by atoms with Crippen LogP contribution in [0.3, 0.4) is 0 Å². The monoisotopic (exact) mass is 273 g/mol. The van der Waals surface area contributed by atoms with Gasteiger partial charge in [-0.3, -0.25) is 4.79 Å². The lowest BCUT2D eigenvalue weighted by atomic mass is 10.2. The molecule has 0 amide bonds. The minimum Gasteiger partial charge on any atom is -0.459 e. The minimum absolute atomic E-state index is 0.112. The third-order valence-electron chi connectivity index (χ3n) is 2.61. The summed E-state index contributed by atoms with van der Waals surface area (Å²) in [6.07, 6.45) is 0. The molecule has 1 N–H and O–H groups in total. The normalized spacial score (nSPS) is 10.1. The molecule has 1 aromatic carbocycles. The fourth-order valence-corrected chi connectivity index (χ4v) is 1.62. The molecule has 2 aromatic rings. The summed E-state index contributed by atoms with van der Waals surface area (Å²) in [6, 6.07) is 12.7. The average Bonchev–Trinajstić information content (AvgIpc) is 2.92. The molecule has 0 spiro atoms. The van der Waals surface area contributed by atoms with Crippen LogP contribution in [-0.4, -0.2) is 16.9 Å². The van der Waals surface area contributed by atoms with Gasteiger partial charge in [0.1, 0.15) is 18.9 Å². The van der Waals surface area contributed by atoms with Crippen LogP contribution in [-0.2, 0) is 27.5 Å². The Hall–Kier alpha value is -2.56. The smallest absolute Gasteiger partial charge is 0.355 e. The van der Waals surface area contributed by atoms with Gasteiger partial charge in [-0.2, -0.15) is 0 Å². The van der Waals surface area contributed by atoms with Gasteiger partial charge < -0.3 is 14.5 Å². The van der Waals surface area contributed by atoms with E-state index in [1.54, 1.807) is 12.1 Å². The van der Waals surface area contributed by atoms with Gasteiger partial charge in [-0.25, -0.2) is 4.79 Å². The molecule has 104 valence electrons. The minimum atomic E-state index is -0.442. The second kappa shape index (κ2) is 6.56. The maximum Gasteiger partial charge on any atom is 0.355 e. The number of aromatic amines is 1. The summed E-state index contributed by atoms with van der Waals surface area (Å²) in [5.41, 5.74) is 1.91. The van der Waals surface area contributed by atoms with E-state index in [4.69, 9.17) is 9.47 Å². The zero-order valence-corrected chi connectivity index (χ0v) is 11.1. The first-order valence-corrected chi connectivity index (χ1v) is 6.17. The fourth-order valence-electron chi connectivity index (χ4n) is 1.62. The highest BCUT2D eigenvalue weighted by molar-refractivity contribution is 5.87. The molecule has 0 radical (unpaired) electrons. The summed E-state index contributed by atoms with van der Waals surface area (Å²) in [6.45, 7) is 1.66. The van der Waals surface area contributed by atoms with Crippen molar-refractivity contribution in [3.8, 4) is 0 Å². The number of benzene rings is 1. The molecule has 5 nitrogen and oxygen atoms in total. The number of nitrogens with one attached hydrogen (secondary N) is 1. The highest BCUT2D eigenvalue weighted by atomic mass is 16.5. The average molecular weight is 273 g/mol. The molecule has 5 heteroatoms. The molecular weight excluding hydrogens is 258 g/mol. The van der Waals surface area contributed by atoms with E-state index >= 15 is 0 Å². The van der Waals surface area contributed by atoms with Crippen LogP contribution in [0, 0.1) is 0 Å². The maximum atomic E-state index is 11.8. The van der Waals surface area contributed by atoms with Gasteiger partial charge in [0.05, 0.1) is 5.69 Å². The molecule has 0 aliphatic carbocycles. The van der Waals surface area contributed by atoms with Gasteiger partial charge in [0.15, 0.2) is 0 Å².